The summed E-state index contributed by atoms with van der Waals surface area (Å²) >= 11 is 0. The van der Waals surface area contributed by atoms with Gasteiger partial charge in [-0.1, -0.05) is 25.7 Å². The van der Waals surface area contributed by atoms with E-state index in [9.17, 15) is 9.90 Å². The molecule has 1 unspecified atom stereocenters. The standard InChI is InChI=1S/C15H19NO2/c1-4-6-12(7-5-2)16-10-13-14(17)8-11(3)9-15(13)18/h4-7,10-11,17H,1,8-9H2,2-3H3/b7-5-,12-6+,16-10?. The average molecular weight is 245 g/mol. The van der Waals surface area contributed by atoms with Crippen LogP contribution in [-0.4, -0.2) is 17.1 Å². The number of rotatable bonds is 4. The van der Waals surface area contributed by atoms with E-state index < -0.39 is 0 Å². The zero-order chi connectivity index (χ0) is 13.5. The van der Waals surface area contributed by atoms with E-state index in [-0.39, 0.29) is 17.5 Å². The minimum Gasteiger partial charge on any atom is -0.511 e. The second-order valence-corrected chi connectivity index (χ2v) is 4.38. The monoisotopic (exact) mass is 245 g/mol. The summed E-state index contributed by atoms with van der Waals surface area (Å²) in [6.45, 7) is 7.44. The molecule has 1 aliphatic carbocycles. The molecule has 0 aromatic carbocycles. The van der Waals surface area contributed by atoms with E-state index in [1.807, 2.05) is 26.0 Å². The third-order valence-electron chi connectivity index (χ3n) is 2.66. The van der Waals surface area contributed by atoms with Crippen LogP contribution in [0.3, 0.4) is 0 Å². The summed E-state index contributed by atoms with van der Waals surface area (Å²) in [5, 5.41) is 9.79. The van der Waals surface area contributed by atoms with Crippen LogP contribution in [0.4, 0.5) is 0 Å². The van der Waals surface area contributed by atoms with Gasteiger partial charge in [-0.3, -0.25) is 9.79 Å². The van der Waals surface area contributed by atoms with Crippen molar-refractivity contribution >= 4 is 12.0 Å². The van der Waals surface area contributed by atoms with E-state index >= 15 is 0 Å². The number of hydrogen-bond acceptors (Lipinski definition) is 3. The highest BCUT2D eigenvalue weighted by atomic mass is 16.3. The summed E-state index contributed by atoms with van der Waals surface area (Å²) in [7, 11) is 0. The van der Waals surface area contributed by atoms with Crippen LogP contribution in [0.1, 0.15) is 26.7 Å². The molecule has 0 aromatic rings. The van der Waals surface area contributed by atoms with Gasteiger partial charge in [-0.05, 0) is 25.0 Å². The lowest BCUT2D eigenvalue weighted by molar-refractivity contribution is -0.116. The smallest absolute Gasteiger partial charge is 0.168 e. The number of allylic oxidation sites excluding steroid dienone is 6. The van der Waals surface area contributed by atoms with Gasteiger partial charge in [0, 0.05) is 19.1 Å². The third kappa shape index (κ3) is 3.84. The van der Waals surface area contributed by atoms with Gasteiger partial charge in [-0.25, -0.2) is 0 Å². The Bertz CT molecular complexity index is 453. The first-order valence-electron chi connectivity index (χ1n) is 6.03. The zero-order valence-electron chi connectivity index (χ0n) is 10.9. The maximum atomic E-state index is 11.8. The molecule has 1 atom stereocenters. The van der Waals surface area contributed by atoms with Crippen LogP contribution in [0.15, 0.2) is 52.9 Å². The number of carbonyl (C=O) groups is 1. The van der Waals surface area contributed by atoms with Gasteiger partial charge < -0.3 is 5.11 Å². The van der Waals surface area contributed by atoms with Gasteiger partial charge in [-0.2, -0.15) is 0 Å². The van der Waals surface area contributed by atoms with Crippen molar-refractivity contribution < 1.29 is 9.90 Å². The Hall–Kier alpha value is -1.90. The van der Waals surface area contributed by atoms with Crippen LogP contribution in [0.2, 0.25) is 0 Å². The number of nitrogens with zero attached hydrogens (tertiary/aromatic N) is 1. The fourth-order valence-corrected chi connectivity index (χ4v) is 1.82. The number of carbonyl (C=O) groups excluding carboxylic acids is 1. The van der Waals surface area contributed by atoms with E-state index in [2.05, 4.69) is 11.6 Å². The molecular weight excluding hydrogens is 226 g/mol. The highest BCUT2D eigenvalue weighted by Gasteiger charge is 2.23. The molecule has 0 aliphatic heterocycles. The van der Waals surface area contributed by atoms with Crippen LogP contribution >= 0.6 is 0 Å². The predicted molar refractivity (Wildman–Crippen MR) is 74.6 cm³/mol. The SMILES string of the molecule is C=C/C=C(\C=C/C)N=CC1=C(O)CC(C)CC1=O. The van der Waals surface area contributed by atoms with Gasteiger partial charge in [0.05, 0.1) is 11.3 Å². The van der Waals surface area contributed by atoms with Crippen molar-refractivity contribution in [1.82, 2.24) is 0 Å². The third-order valence-corrected chi connectivity index (χ3v) is 2.66. The molecule has 18 heavy (non-hydrogen) atoms. The lowest BCUT2D eigenvalue weighted by atomic mass is 9.89. The molecular formula is C15H19NO2. The number of Topliss-reactive ketones (excluding diaryl/α,β-unsaturated/α-hetero) is 1. The molecule has 0 heterocycles. The van der Waals surface area contributed by atoms with Crippen molar-refractivity contribution in [2.24, 2.45) is 10.9 Å². The van der Waals surface area contributed by atoms with Crippen molar-refractivity contribution in [2.45, 2.75) is 26.7 Å². The minimum absolute atomic E-state index is 0.0477. The maximum absolute atomic E-state index is 11.8. The predicted octanol–water partition coefficient (Wildman–Crippen LogP) is 3.51. The number of aliphatic hydroxyl groups excluding tert-OH is 1. The lowest BCUT2D eigenvalue weighted by Crippen LogP contribution is -2.18. The topological polar surface area (TPSA) is 49.7 Å². The van der Waals surface area contributed by atoms with Crippen molar-refractivity contribution in [1.29, 1.82) is 0 Å². The Morgan fingerprint density at radius 2 is 2.22 bits per heavy atom. The highest BCUT2D eigenvalue weighted by Crippen LogP contribution is 2.24. The summed E-state index contributed by atoms with van der Waals surface area (Å²) in [5.74, 6) is 0.294. The van der Waals surface area contributed by atoms with E-state index in [0.717, 1.165) is 0 Å². The number of hydrogen-bond donors (Lipinski definition) is 1. The summed E-state index contributed by atoms with van der Waals surface area (Å²) in [4.78, 5) is 16.0. The quantitative estimate of drug-likeness (QED) is 0.608. The molecule has 0 saturated heterocycles. The van der Waals surface area contributed by atoms with Crippen molar-refractivity contribution in [3.05, 3.63) is 47.9 Å². The molecule has 0 fully saturated rings. The second-order valence-electron chi connectivity index (χ2n) is 4.38. The number of aliphatic imine (C=N–C) groups is 1. The minimum atomic E-state index is -0.0477. The van der Waals surface area contributed by atoms with Gasteiger partial charge >= 0.3 is 0 Å². The second kappa shape index (κ2) is 6.74. The van der Waals surface area contributed by atoms with Gasteiger partial charge in [0.15, 0.2) is 5.78 Å². The summed E-state index contributed by atoms with van der Waals surface area (Å²) in [6, 6.07) is 0. The maximum Gasteiger partial charge on any atom is 0.168 e. The van der Waals surface area contributed by atoms with Crippen LogP contribution < -0.4 is 0 Å². The van der Waals surface area contributed by atoms with Crippen molar-refractivity contribution in [2.75, 3.05) is 0 Å². The van der Waals surface area contributed by atoms with Crippen molar-refractivity contribution in [3.8, 4) is 0 Å². The number of ketones is 1. The zero-order valence-corrected chi connectivity index (χ0v) is 10.9. The van der Waals surface area contributed by atoms with E-state index in [1.54, 1.807) is 12.2 Å². The molecule has 96 valence electrons. The van der Waals surface area contributed by atoms with Crippen molar-refractivity contribution in [3.63, 3.8) is 0 Å². The van der Waals surface area contributed by atoms with Gasteiger partial charge in [0.1, 0.15) is 5.76 Å². The summed E-state index contributed by atoms with van der Waals surface area (Å²) < 4.78 is 0. The van der Waals surface area contributed by atoms with Crippen LogP contribution in [-0.2, 0) is 4.79 Å². The van der Waals surface area contributed by atoms with Gasteiger partial charge in [-0.15, -0.1) is 0 Å². The Morgan fingerprint density at radius 1 is 1.50 bits per heavy atom. The van der Waals surface area contributed by atoms with E-state index in [4.69, 9.17) is 0 Å². The molecule has 3 heteroatoms. The fraction of sp³-hybridized carbons (Fsp3) is 0.333. The van der Waals surface area contributed by atoms with Crippen LogP contribution in [0.25, 0.3) is 0 Å². The molecule has 3 nitrogen and oxygen atoms in total. The summed E-state index contributed by atoms with van der Waals surface area (Å²) in [6.07, 6.45) is 9.48. The molecule has 1 rings (SSSR count). The molecule has 1 aliphatic rings. The van der Waals surface area contributed by atoms with E-state index in [0.29, 0.717) is 24.1 Å². The van der Waals surface area contributed by atoms with Crippen LogP contribution in [0.5, 0.6) is 0 Å². The molecule has 1 N–H and O–H groups in total. The number of aliphatic hydroxyl groups is 1. The fourth-order valence-electron chi connectivity index (χ4n) is 1.82. The van der Waals surface area contributed by atoms with Gasteiger partial charge in [0.2, 0.25) is 0 Å². The first kappa shape index (κ1) is 14.2. The first-order chi connectivity index (χ1) is 8.58. The average Bonchev–Trinajstić information content (AvgIpc) is 2.28. The van der Waals surface area contributed by atoms with Gasteiger partial charge in [0.25, 0.3) is 0 Å². The summed E-state index contributed by atoms with van der Waals surface area (Å²) in [5.41, 5.74) is 1.02. The molecule has 0 aromatic heterocycles. The molecule has 0 spiro atoms. The molecule has 0 saturated carbocycles. The highest BCUT2D eigenvalue weighted by molar-refractivity contribution is 6.14. The first-order valence-corrected chi connectivity index (χ1v) is 6.03. The molecule has 0 radical (unpaired) electrons. The normalized spacial score (nSPS) is 22.2. The Morgan fingerprint density at radius 3 is 2.78 bits per heavy atom. The Balaban J connectivity index is 2.95. The molecule has 0 bridgehead atoms. The molecule has 0 amide bonds. The Labute approximate surface area is 108 Å². The largest absolute Gasteiger partial charge is 0.511 e. The van der Waals surface area contributed by atoms with Crippen LogP contribution in [0, 0.1) is 5.92 Å². The lowest BCUT2D eigenvalue weighted by Gasteiger charge is -2.17. The Kier molecular flexibility index (Phi) is 5.31. The van der Waals surface area contributed by atoms with E-state index in [1.165, 1.54) is 6.21 Å².